The molecular weight excluding hydrogens is 413 g/mol. The van der Waals surface area contributed by atoms with Crippen LogP contribution in [0.2, 0.25) is 0 Å². The average Bonchev–Trinajstić information content (AvgIpc) is 2.75. The number of nitrogens with zero attached hydrogens (tertiary/aromatic N) is 2. The molecule has 0 saturated heterocycles. The second-order valence-electron chi connectivity index (χ2n) is 7.82. The van der Waals surface area contributed by atoms with E-state index < -0.39 is 17.2 Å². The maximum absolute atomic E-state index is 13.1. The topological polar surface area (TPSA) is 113 Å². The Bertz CT molecular complexity index is 1190. The number of nitrogens with two attached hydrogens (primary N) is 1. The van der Waals surface area contributed by atoms with Gasteiger partial charge in [-0.05, 0) is 35.7 Å². The minimum Gasteiger partial charge on any atom is -0.383 e. The third-order valence-corrected chi connectivity index (χ3v) is 4.80. The van der Waals surface area contributed by atoms with Gasteiger partial charge in [-0.2, -0.15) is 0 Å². The van der Waals surface area contributed by atoms with Crippen LogP contribution in [0.3, 0.4) is 0 Å². The number of rotatable bonds is 8. The Morgan fingerprint density at radius 3 is 2.41 bits per heavy atom. The molecule has 3 aromatic rings. The SMILES string of the molecule is CC(C)CN(C(=O)CNc1ccc(F)cc1)c1c(N)n(Cc2ccccc2)c(=O)[nH]c1=O. The van der Waals surface area contributed by atoms with E-state index in [0.29, 0.717) is 5.69 Å². The Balaban J connectivity index is 1.94. The highest BCUT2D eigenvalue weighted by atomic mass is 19.1. The zero-order valence-electron chi connectivity index (χ0n) is 18.0. The van der Waals surface area contributed by atoms with E-state index in [9.17, 15) is 18.8 Å². The molecule has 0 atom stereocenters. The molecule has 0 aliphatic rings. The monoisotopic (exact) mass is 439 g/mol. The maximum atomic E-state index is 13.1. The lowest BCUT2D eigenvalue weighted by molar-refractivity contribution is -0.117. The molecule has 9 heteroatoms. The summed E-state index contributed by atoms with van der Waals surface area (Å²) in [6.45, 7) is 4.03. The van der Waals surface area contributed by atoms with Gasteiger partial charge in [0.1, 0.15) is 11.6 Å². The number of aromatic amines is 1. The van der Waals surface area contributed by atoms with Crippen LogP contribution < -0.4 is 27.2 Å². The molecule has 0 unspecified atom stereocenters. The van der Waals surface area contributed by atoms with Crippen LogP contribution >= 0.6 is 0 Å². The minimum absolute atomic E-state index is 0.0260. The van der Waals surface area contributed by atoms with Gasteiger partial charge in [0.2, 0.25) is 5.91 Å². The fourth-order valence-corrected chi connectivity index (χ4v) is 3.28. The summed E-state index contributed by atoms with van der Waals surface area (Å²) in [4.78, 5) is 41.8. The molecule has 0 aliphatic heterocycles. The molecule has 168 valence electrons. The number of amides is 1. The van der Waals surface area contributed by atoms with Crippen molar-refractivity contribution >= 4 is 23.1 Å². The molecule has 1 heterocycles. The van der Waals surface area contributed by atoms with Crippen LogP contribution in [0, 0.1) is 11.7 Å². The molecule has 0 fully saturated rings. The van der Waals surface area contributed by atoms with Crippen molar-refractivity contribution in [3.05, 3.63) is 86.8 Å². The van der Waals surface area contributed by atoms with Gasteiger partial charge in [0, 0.05) is 12.2 Å². The molecule has 1 aromatic heterocycles. The highest BCUT2D eigenvalue weighted by Crippen LogP contribution is 2.20. The summed E-state index contributed by atoms with van der Waals surface area (Å²) in [5.41, 5.74) is 6.18. The number of anilines is 3. The smallest absolute Gasteiger partial charge is 0.330 e. The molecule has 0 spiro atoms. The van der Waals surface area contributed by atoms with E-state index in [0.717, 1.165) is 5.56 Å². The highest BCUT2D eigenvalue weighted by molar-refractivity contribution is 5.98. The number of hydrogen-bond donors (Lipinski definition) is 3. The zero-order chi connectivity index (χ0) is 23.3. The Kier molecular flexibility index (Phi) is 7.09. The molecule has 3 rings (SSSR count). The van der Waals surface area contributed by atoms with E-state index in [1.54, 1.807) is 0 Å². The van der Waals surface area contributed by atoms with Gasteiger partial charge in [0.05, 0.1) is 13.1 Å². The van der Waals surface area contributed by atoms with Gasteiger partial charge in [-0.1, -0.05) is 44.2 Å². The minimum atomic E-state index is -0.729. The number of carbonyl (C=O) groups excluding carboxylic acids is 1. The number of benzene rings is 2. The van der Waals surface area contributed by atoms with Crippen LogP contribution in [-0.4, -0.2) is 28.5 Å². The average molecular weight is 439 g/mol. The molecule has 0 saturated carbocycles. The second kappa shape index (κ2) is 9.95. The van der Waals surface area contributed by atoms with Crippen molar-refractivity contribution in [2.45, 2.75) is 20.4 Å². The van der Waals surface area contributed by atoms with Crippen LogP contribution in [0.15, 0.2) is 64.2 Å². The fourth-order valence-electron chi connectivity index (χ4n) is 3.28. The van der Waals surface area contributed by atoms with Crippen LogP contribution in [0.1, 0.15) is 19.4 Å². The highest BCUT2D eigenvalue weighted by Gasteiger charge is 2.25. The first-order valence-electron chi connectivity index (χ1n) is 10.2. The van der Waals surface area contributed by atoms with Crippen molar-refractivity contribution in [1.82, 2.24) is 9.55 Å². The second-order valence-corrected chi connectivity index (χ2v) is 7.82. The summed E-state index contributed by atoms with van der Waals surface area (Å²) < 4.78 is 14.3. The molecular formula is C23H26FN5O3. The molecule has 4 N–H and O–H groups in total. The third-order valence-electron chi connectivity index (χ3n) is 4.80. The Morgan fingerprint density at radius 1 is 1.12 bits per heavy atom. The van der Waals surface area contributed by atoms with Crippen LogP contribution in [0.4, 0.5) is 21.6 Å². The van der Waals surface area contributed by atoms with Crippen molar-refractivity contribution in [3.8, 4) is 0 Å². The molecule has 0 aliphatic carbocycles. The Morgan fingerprint density at radius 2 is 1.78 bits per heavy atom. The Labute approximate surface area is 184 Å². The first-order valence-corrected chi connectivity index (χ1v) is 10.2. The Hall–Kier alpha value is -3.88. The molecule has 1 amide bonds. The first-order chi connectivity index (χ1) is 15.3. The van der Waals surface area contributed by atoms with Gasteiger partial charge in [-0.15, -0.1) is 0 Å². The summed E-state index contributed by atoms with van der Waals surface area (Å²) in [7, 11) is 0. The van der Waals surface area contributed by atoms with Gasteiger partial charge in [0.15, 0.2) is 5.69 Å². The number of nitrogens with one attached hydrogen (secondary N) is 2. The molecule has 0 bridgehead atoms. The normalized spacial score (nSPS) is 10.9. The van der Waals surface area contributed by atoms with E-state index in [1.807, 2.05) is 44.2 Å². The number of nitrogen functional groups attached to an aromatic ring is 1. The lowest BCUT2D eigenvalue weighted by Crippen LogP contribution is -2.44. The van der Waals surface area contributed by atoms with E-state index in [1.165, 1.54) is 33.7 Å². The van der Waals surface area contributed by atoms with Gasteiger partial charge in [-0.3, -0.25) is 19.1 Å². The number of hydrogen-bond acceptors (Lipinski definition) is 5. The van der Waals surface area contributed by atoms with Crippen molar-refractivity contribution in [2.24, 2.45) is 5.92 Å². The van der Waals surface area contributed by atoms with E-state index in [2.05, 4.69) is 10.3 Å². The largest absolute Gasteiger partial charge is 0.383 e. The lowest BCUT2D eigenvalue weighted by Gasteiger charge is -2.26. The van der Waals surface area contributed by atoms with Crippen molar-refractivity contribution < 1.29 is 9.18 Å². The van der Waals surface area contributed by atoms with Gasteiger partial charge >= 0.3 is 5.69 Å². The zero-order valence-corrected chi connectivity index (χ0v) is 18.0. The molecule has 32 heavy (non-hydrogen) atoms. The maximum Gasteiger partial charge on any atom is 0.330 e. The predicted octanol–water partition coefficient (Wildman–Crippen LogP) is 2.41. The van der Waals surface area contributed by atoms with Crippen molar-refractivity contribution in [2.75, 3.05) is 29.0 Å². The molecule has 2 aromatic carbocycles. The molecule has 0 radical (unpaired) electrons. The van der Waals surface area contributed by atoms with E-state index in [4.69, 9.17) is 5.73 Å². The number of carbonyl (C=O) groups is 1. The third kappa shape index (κ3) is 5.42. The van der Waals surface area contributed by atoms with Gasteiger partial charge in [0.25, 0.3) is 5.56 Å². The first kappa shape index (κ1) is 22.8. The van der Waals surface area contributed by atoms with Gasteiger partial charge < -0.3 is 16.0 Å². The van der Waals surface area contributed by atoms with Gasteiger partial charge in [-0.25, -0.2) is 9.18 Å². The summed E-state index contributed by atoms with van der Waals surface area (Å²) >= 11 is 0. The summed E-state index contributed by atoms with van der Waals surface area (Å²) in [6.07, 6.45) is 0. The predicted molar refractivity (Wildman–Crippen MR) is 123 cm³/mol. The van der Waals surface area contributed by atoms with E-state index in [-0.39, 0.29) is 42.9 Å². The standard InChI is InChI=1S/C23H26FN5O3/c1-15(2)13-28(19(30)12-26-18-10-8-17(24)9-11-18)20-21(25)29(23(32)27-22(20)31)14-16-6-4-3-5-7-16/h3-11,15,26H,12-14,25H2,1-2H3,(H,27,31,32). The van der Waals surface area contributed by atoms with Crippen LogP contribution in [0.25, 0.3) is 0 Å². The summed E-state index contributed by atoms with van der Waals surface area (Å²) in [6, 6.07) is 14.8. The van der Waals surface area contributed by atoms with Crippen molar-refractivity contribution in [3.63, 3.8) is 0 Å². The summed E-state index contributed by atoms with van der Waals surface area (Å²) in [5, 5.41) is 2.92. The number of aromatic nitrogens is 2. The van der Waals surface area contributed by atoms with Crippen LogP contribution in [0.5, 0.6) is 0 Å². The van der Waals surface area contributed by atoms with Crippen molar-refractivity contribution in [1.29, 1.82) is 0 Å². The van der Waals surface area contributed by atoms with E-state index >= 15 is 0 Å². The van der Waals surface area contributed by atoms with Crippen LogP contribution in [-0.2, 0) is 11.3 Å². The summed E-state index contributed by atoms with van der Waals surface area (Å²) in [5.74, 6) is -0.857. The quantitative estimate of drug-likeness (QED) is 0.499. The number of H-pyrrole nitrogens is 1. The number of halogens is 1. The fraction of sp³-hybridized carbons (Fsp3) is 0.261. The molecule has 8 nitrogen and oxygen atoms in total. The lowest BCUT2D eigenvalue weighted by atomic mass is 10.2.